The quantitative estimate of drug-likeness (QED) is 0.652. The number of rotatable bonds is 2. The highest BCUT2D eigenvalue weighted by Crippen LogP contribution is 2.41. The van der Waals surface area contributed by atoms with Gasteiger partial charge in [0.2, 0.25) is 0 Å². The number of fused-ring (bicyclic) bond motifs is 1. The summed E-state index contributed by atoms with van der Waals surface area (Å²) in [6, 6.07) is 6.12. The number of thiophene rings is 3. The molecule has 21 heavy (non-hydrogen) atoms. The topological polar surface area (TPSA) is 52.3 Å². The van der Waals surface area contributed by atoms with E-state index in [1.165, 1.54) is 20.7 Å². The van der Waals surface area contributed by atoms with Crippen molar-refractivity contribution in [2.24, 2.45) is 0 Å². The Morgan fingerprint density at radius 1 is 1.14 bits per heavy atom. The maximum absolute atomic E-state index is 12.2. The van der Waals surface area contributed by atoms with Gasteiger partial charge < -0.3 is 10.5 Å². The Hall–Kier alpha value is -1.37. The number of nitrogens with two attached hydrogens (primary N) is 1. The zero-order chi connectivity index (χ0) is 15.2. The van der Waals surface area contributed by atoms with Crippen LogP contribution in [0.2, 0.25) is 0 Å². The van der Waals surface area contributed by atoms with Gasteiger partial charge in [0.25, 0.3) is 0 Å². The van der Waals surface area contributed by atoms with E-state index in [0.717, 1.165) is 9.75 Å². The van der Waals surface area contributed by atoms with E-state index in [9.17, 15) is 4.79 Å². The molecule has 3 rings (SSSR count). The van der Waals surface area contributed by atoms with E-state index in [1.807, 2.05) is 26.8 Å². The molecule has 0 spiro atoms. The first-order valence-electron chi connectivity index (χ1n) is 6.43. The average molecular weight is 337 g/mol. The maximum Gasteiger partial charge on any atom is 0.350 e. The van der Waals surface area contributed by atoms with Crippen molar-refractivity contribution in [2.75, 3.05) is 5.73 Å². The van der Waals surface area contributed by atoms with Crippen molar-refractivity contribution in [3.63, 3.8) is 0 Å². The van der Waals surface area contributed by atoms with Gasteiger partial charge in [-0.05, 0) is 44.4 Å². The fourth-order valence-corrected chi connectivity index (χ4v) is 5.03. The molecular formula is C15H15NO2S3. The molecular weight excluding hydrogens is 322 g/mol. The highest BCUT2D eigenvalue weighted by molar-refractivity contribution is 7.30. The molecule has 6 heteroatoms. The molecule has 3 aromatic heterocycles. The van der Waals surface area contributed by atoms with E-state index in [4.69, 9.17) is 10.5 Å². The van der Waals surface area contributed by atoms with Gasteiger partial charge in [0.15, 0.2) is 0 Å². The minimum absolute atomic E-state index is 0.352. The summed E-state index contributed by atoms with van der Waals surface area (Å²) in [7, 11) is 0. The Balaban J connectivity index is 1.94. The summed E-state index contributed by atoms with van der Waals surface area (Å²) in [5.74, 6) is -0.352. The van der Waals surface area contributed by atoms with Crippen LogP contribution in [0.15, 0.2) is 23.6 Å². The van der Waals surface area contributed by atoms with E-state index in [0.29, 0.717) is 10.6 Å². The largest absolute Gasteiger partial charge is 0.456 e. The Morgan fingerprint density at radius 3 is 2.52 bits per heavy atom. The maximum atomic E-state index is 12.2. The Labute approximate surface area is 135 Å². The third-order valence-corrected chi connectivity index (χ3v) is 6.15. The van der Waals surface area contributed by atoms with E-state index < -0.39 is 5.60 Å². The summed E-state index contributed by atoms with van der Waals surface area (Å²) in [5, 5.41) is 2.08. The predicted molar refractivity (Wildman–Crippen MR) is 92.6 cm³/mol. The minimum Gasteiger partial charge on any atom is -0.456 e. The van der Waals surface area contributed by atoms with E-state index in [2.05, 4.69) is 17.5 Å². The molecule has 0 radical (unpaired) electrons. The van der Waals surface area contributed by atoms with Crippen molar-refractivity contribution in [2.45, 2.75) is 26.4 Å². The smallest absolute Gasteiger partial charge is 0.350 e. The summed E-state index contributed by atoms with van der Waals surface area (Å²) in [5.41, 5.74) is 5.96. The van der Waals surface area contributed by atoms with Crippen molar-refractivity contribution in [3.8, 4) is 9.75 Å². The molecule has 3 heterocycles. The van der Waals surface area contributed by atoms with Crippen molar-refractivity contribution in [1.29, 1.82) is 0 Å². The molecule has 0 saturated carbocycles. The Bertz CT molecular complexity index is 776. The fourth-order valence-electron chi connectivity index (χ4n) is 1.90. The number of nitrogen functional groups attached to an aromatic ring is 1. The third kappa shape index (κ3) is 2.97. The molecule has 0 amide bonds. The molecule has 0 aromatic carbocycles. The monoisotopic (exact) mass is 337 g/mol. The average Bonchev–Trinajstić information content (AvgIpc) is 2.98. The van der Waals surface area contributed by atoms with Crippen molar-refractivity contribution >= 4 is 55.1 Å². The van der Waals surface area contributed by atoms with Gasteiger partial charge in [-0.15, -0.1) is 34.0 Å². The van der Waals surface area contributed by atoms with Crippen LogP contribution in [0.4, 0.5) is 5.69 Å². The second-order valence-electron chi connectivity index (χ2n) is 5.66. The zero-order valence-electron chi connectivity index (χ0n) is 11.9. The molecule has 0 aliphatic carbocycles. The highest BCUT2D eigenvalue weighted by Gasteiger charge is 2.22. The van der Waals surface area contributed by atoms with Crippen LogP contribution >= 0.6 is 34.0 Å². The molecule has 0 bridgehead atoms. The number of hydrogen-bond acceptors (Lipinski definition) is 6. The van der Waals surface area contributed by atoms with Gasteiger partial charge in [0.1, 0.15) is 10.5 Å². The normalized spacial score (nSPS) is 12.0. The molecule has 0 unspecified atom stereocenters. The van der Waals surface area contributed by atoms with Crippen LogP contribution in [0.1, 0.15) is 30.4 Å². The van der Waals surface area contributed by atoms with Crippen LogP contribution in [-0.2, 0) is 4.74 Å². The standard InChI is InChI=1S/C15H15NO2S3/c1-15(2,3)18-14(17)13-8(16)6-11(21-13)12-7-10-9(20-12)4-5-19-10/h4-7H,16H2,1-3H3. The van der Waals surface area contributed by atoms with E-state index in [-0.39, 0.29) is 5.97 Å². The first kappa shape index (κ1) is 14.6. The lowest BCUT2D eigenvalue weighted by atomic mass is 10.2. The van der Waals surface area contributed by atoms with Gasteiger partial charge in [-0.2, -0.15) is 0 Å². The van der Waals surface area contributed by atoms with Crippen LogP contribution in [0.3, 0.4) is 0 Å². The lowest BCUT2D eigenvalue weighted by molar-refractivity contribution is 0.00764. The summed E-state index contributed by atoms with van der Waals surface area (Å²) >= 11 is 4.83. The van der Waals surface area contributed by atoms with E-state index >= 15 is 0 Å². The molecule has 3 aromatic rings. The van der Waals surface area contributed by atoms with Crippen molar-refractivity contribution < 1.29 is 9.53 Å². The molecule has 0 aliphatic rings. The molecule has 0 atom stereocenters. The molecule has 0 fully saturated rings. The summed E-state index contributed by atoms with van der Waals surface area (Å²) in [6.45, 7) is 5.55. The number of carbonyl (C=O) groups is 1. The Kier molecular flexibility index (Phi) is 3.55. The highest BCUT2D eigenvalue weighted by atomic mass is 32.1. The molecule has 0 aliphatic heterocycles. The van der Waals surface area contributed by atoms with Crippen LogP contribution in [-0.4, -0.2) is 11.6 Å². The lowest BCUT2D eigenvalue weighted by Gasteiger charge is -2.18. The first-order valence-corrected chi connectivity index (χ1v) is 8.95. The van der Waals surface area contributed by atoms with Crippen molar-refractivity contribution in [1.82, 2.24) is 0 Å². The zero-order valence-corrected chi connectivity index (χ0v) is 14.4. The predicted octanol–water partition coefficient (Wildman–Crippen LogP) is 5.23. The molecule has 110 valence electrons. The van der Waals surface area contributed by atoms with Gasteiger partial charge in [0, 0.05) is 19.2 Å². The van der Waals surface area contributed by atoms with Gasteiger partial charge in [-0.25, -0.2) is 4.79 Å². The number of carbonyl (C=O) groups excluding carboxylic acids is 1. The summed E-state index contributed by atoms with van der Waals surface area (Å²) in [4.78, 5) is 14.8. The first-order chi connectivity index (χ1) is 9.83. The van der Waals surface area contributed by atoms with Crippen LogP contribution in [0.5, 0.6) is 0 Å². The van der Waals surface area contributed by atoms with E-state index in [1.54, 1.807) is 22.7 Å². The second-order valence-corrected chi connectivity index (χ2v) is 8.74. The molecule has 0 saturated heterocycles. The van der Waals surface area contributed by atoms with Gasteiger partial charge in [0.05, 0.1) is 5.69 Å². The molecule has 2 N–H and O–H groups in total. The SMILES string of the molecule is CC(C)(C)OC(=O)c1sc(-c2cc3sccc3s2)cc1N. The fraction of sp³-hybridized carbons (Fsp3) is 0.267. The number of anilines is 1. The number of ether oxygens (including phenoxy) is 1. The van der Waals surface area contributed by atoms with Crippen LogP contribution in [0.25, 0.3) is 19.2 Å². The summed E-state index contributed by atoms with van der Waals surface area (Å²) < 4.78 is 7.92. The van der Waals surface area contributed by atoms with Gasteiger partial charge >= 0.3 is 5.97 Å². The number of hydrogen-bond donors (Lipinski definition) is 1. The van der Waals surface area contributed by atoms with Crippen LogP contribution in [0, 0.1) is 0 Å². The van der Waals surface area contributed by atoms with Crippen LogP contribution < -0.4 is 5.73 Å². The number of esters is 1. The summed E-state index contributed by atoms with van der Waals surface area (Å²) in [6.07, 6.45) is 0. The van der Waals surface area contributed by atoms with Gasteiger partial charge in [-0.3, -0.25) is 0 Å². The molecule has 3 nitrogen and oxygen atoms in total. The lowest BCUT2D eigenvalue weighted by Crippen LogP contribution is -2.23. The second kappa shape index (κ2) is 5.12. The van der Waals surface area contributed by atoms with Gasteiger partial charge in [-0.1, -0.05) is 0 Å². The third-order valence-electron chi connectivity index (χ3n) is 2.73. The minimum atomic E-state index is -0.515. The Morgan fingerprint density at radius 2 is 1.86 bits per heavy atom. The van der Waals surface area contributed by atoms with Crippen molar-refractivity contribution in [3.05, 3.63) is 28.5 Å².